The van der Waals surface area contributed by atoms with E-state index in [1.54, 1.807) is 0 Å². The van der Waals surface area contributed by atoms with Crippen LogP contribution in [0.4, 0.5) is 0 Å². The van der Waals surface area contributed by atoms with Crippen molar-refractivity contribution in [3.8, 4) is 22.9 Å². The van der Waals surface area contributed by atoms with Crippen molar-refractivity contribution in [2.24, 2.45) is 0 Å². The van der Waals surface area contributed by atoms with Gasteiger partial charge in [0.25, 0.3) is 0 Å². The van der Waals surface area contributed by atoms with Gasteiger partial charge in [0.15, 0.2) is 0 Å². The summed E-state index contributed by atoms with van der Waals surface area (Å²) in [6.45, 7) is 3.22. The third kappa shape index (κ3) is 6.26. The number of rotatable bonds is 9. The van der Waals surface area contributed by atoms with Gasteiger partial charge in [-0.25, -0.2) is 0 Å². The molecule has 0 aliphatic carbocycles. The lowest BCUT2D eigenvalue weighted by Crippen LogP contribution is -2.44. The van der Waals surface area contributed by atoms with Crippen molar-refractivity contribution in [2.45, 2.75) is 38.8 Å². The standard InChI is InChI=1S/C31H32N2O4/c1-22-18-30(37-17-16-34)26(21-33-15-6-5-12-29(33)31(35)36)19-25(22)14-13-24-10-7-11-27(28(24)20-32)23-8-3-2-4-9-23/h2-4,7-11,13-14,18-19,29,34H,5-6,12,15-17,21H2,1H3,(H,35,36)/b14-13+/t29-/m0/s1. The molecule has 2 N–H and O–H groups in total. The van der Waals surface area contributed by atoms with E-state index >= 15 is 0 Å². The van der Waals surface area contributed by atoms with Crippen LogP contribution in [0.5, 0.6) is 5.75 Å². The molecule has 0 bridgehead atoms. The van der Waals surface area contributed by atoms with Crippen LogP contribution in [0.3, 0.4) is 0 Å². The fourth-order valence-corrected chi connectivity index (χ4v) is 4.89. The van der Waals surface area contributed by atoms with E-state index in [9.17, 15) is 20.3 Å². The second-order valence-electron chi connectivity index (χ2n) is 9.29. The molecule has 6 nitrogen and oxygen atoms in total. The Labute approximate surface area is 218 Å². The highest BCUT2D eigenvalue weighted by molar-refractivity contribution is 5.81. The van der Waals surface area contributed by atoms with Crippen LogP contribution in [0.2, 0.25) is 0 Å². The molecule has 190 valence electrons. The fourth-order valence-electron chi connectivity index (χ4n) is 4.89. The third-order valence-corrected chi connectivity index (χ3v) is 6.81. The fraction of sp³-hybridized carbons (Fsp3) is 0.290. The van der Waals surface area contributed by atoms with Gasteiger partial charge in [-0.05, 0) is 60.7 Å². The lowest BCUT2D eigenvalue weighted by Gasteiger charge is -2.33. The first-order valence-corrected chi connectivity index (χ1v) is 12.6. The van der Waals surface area contributed by atoms with Crippen LogP contribution >= 0.6 is 0 Å². The number of carbonyl (C=O) groups is 1. The van der Waals surface area contributed by atoms with Crippen molar-refractivity contribution >= 4 is 18.1 Å². The van der Waals surface area contributed by atoms with Gasteiger partial charge in [-0.3, -0.25) is 9.69 Å². The van der Waals surface area contributed by atoms with Gasteiger partial charge in [0.05, 0.1) is 12.2 Å². The van der Waals surface area contributed by atoms with Crippen LogP contribution in [0.1, 0.15) is 47.1 Å². The van der Waals surface area contributed by atoms with Crippen molar-refractivity contribution in [2.75, 3.05) is 19.8 Å². The summed E-state index contributed by atoms with van der Waals surface area (Å²) in [7, 11) is 0. The molecule has 0 spiro atoms. The predicted molar refractivity (Wildman–Crippen MR) is 145 cm³/mol. The third-order valence-electron chi connectivity index (χ3n) is 6.81. The van der Waals surface area contributed by atoms with Gasteiger partial charge in [0, 0.05) is 17.7 Å². The Hall–Kier alpha value is -3.92. The number of aliphatic hydroxyl groups excluding tert-OH is 1. The number of nitriles is 1. The van der Waals surface area contributed by atoms with Crippen molar-refractivity contribution in [1.29, 1.82) is 5.26 Å². The molecule has 0 amide bonds. The maximum Gasteiger partial charge on any atom is 0.320 e. The van der Waals surface area contributed by atoms with E-state index in [1.807, 2.05) is 84.6 Å². The molecule has 1 aliphatic rings. The molecule has 1 fully saturated rings. The number of likely N-dealkylation sites (tertiary alicyclic amines) is 1. The molecule has 4 rings (SSSR count). The summed E-state index contributed by atoms with van der Waals surface area (Å²) in [5, 5.41) is 29.0. The summed E-state index contributed by atoms with van der Waals surface area (Å²) in [6.07, 6.45) is 6.45. The molecular formula is C31H32N2O4. The number of carboxylic acid groups (broad SMARTS) is 1. The molecule has 0 aromatic heterocycles. The number of aliphatic carboxylic acids is 1. The molecule has 37 heavy (non-hydrogen) atoms. The second kappa shape index (κ2) is 12.4. The van der Waals surface area contributed by atoms with Gasteiger partial charge in [-0.15, -0.1) is 0 Å². The lowest BCUT2D eigenvalue weighted by atomic mass is 9.95. The Morgan fingerprint density at radius 2 is 1.89 bits per heavy atom. The minimum atomic E-state index is -0.799. The van der Waals surface area contributed by atoms with Crippen molar-refractivity contribution < 1.29 is 19.7 Å². The van der Waals surface area contributed by atoms with E-state index in [-0.39, 0.29) is 13.2 Å². The van der Waals surface area contributed by atoms with Crippen molar-refractivity contribution in [1.82, 2.24) is 4.90 Å². The Bertz CT molecular complexity index is 1310. The second-order valence-corrected chi connectivity index (χ2v) is 9.29. The highest BCUT2D eigenvalue weighted by Gasteiger charge is 2.29. The van der Waals surface area contributed by atoms with Gasteiger partial charge in [-0.1, -0.05) is 67.1 Å². The molecule has 1 atom stereocenters. The summed E-state index contributed by atoms with van der Waals surface area (Å²) >= 11 is 0. The molecule has 1 saturated heterocycles. The van der Waals surface area contributed by atoms with Crippen LogP contribution in [0, 0.1) is 18.3 Å². The predicted octanol–water partition coefficient (Wildman–Crippen LogP) is 5.51. The average Bonchev–Trinajstić information content (AvgIpc) is 2.92. The Balaban J connectivity index is 1.68. The molecule has 0 radical (unpaired) electrons. The number of hydrogen-bond acceptors (Lipinski definition) is 5. The normalized spacial score (nSPS) is 16.0. The molecule has 3 aromatic rings. The molecule has 0 saturated carbocycles. The van der Waals surface area contributed by atoms with E-state index in [1.165, 1.54) is 0 Å². The van der Waals surface area contributed by atoms with Crippen LogP contribution in [0.25, 0.3) is 23.3 Å². The number of aryl methyl sites for hydroxylation is 1. The Morgan fingerprint density at radius 3 is 2.62 bits per heavy atom. The van der Waals surface area contributed by atoms with Gasteiger partial charge in [-0.2, -0.15) is 5.26 Å². The highest BCUT2D eigenvalue weighted by Crippen LogP contribution is 2.30. The van der Waals surface area contributed by atoms with Crippen molar-refractivity contribution in [3.63, 3.8) is 0 Å². The first kappa shape index (κ1) is 26.2. The van der Waals surface area contributed by atoms with Gasteiger partial charge >= 0.3 is 5.97 Å². The topological polar surface area (TPSA) is 93.8 Å². The maximum absolute atomic E-state index is 11.8. The first-order valence-electron chi connectivity index (χ1n) is 12.6. The highest BCUT2D eigenvalue weighted by atomic mass is 16.5. The summed E-state index contributed by atoms with van der Waals surface area (Å²) < 4.78 is 5.83. The molecule has 0 unspecified atom stereocenters. The van der Waals surface area contributed by atoms with E-state index in [2.05, 4.69) is 6.07 Å². The van der Waals surface area contributed by atoms with Gasteiger partial charge < -0.3 is 14.9 Å². The summed E-state index contributed by atoms with van der Waals surface area (Å²) in [5.41, 5.74) is 6.15. The monoisotopic (exact) mass is 496 g/mol. The first-order chi connectivity index (χ1) is 18.0. The Kier molecular flexibility index (Phi) is 8.73. The number of aliphatic hydroxyl groups is 1. The van der Waals surface area contributed by atoms with Gasteiger partial charge in [0.1, 0.15) is 24.5 Å². The smallest absolute Gasteiger partial charge is 0.320 e. The maximum atomic E-state index is 11.8. The molecule has 1 heterocycles. The number of piperidine rings is 1. The zero-order chi connectivity index (χ0) is 26.2. The number of ether oxygens (including phenoxy) is 1. The number of benzene rings is 3. The SMILES string of the molecule is Cc1cc(OCCO)c(CN2CCCC[C@H]2C(=O)O)cc1/C=C/c1cccc(-c2ccccc2)c1C#N. The molecule has 6 heteroatoms. The molecule has 1 aliphatic heterocycles. The lowest BCUT2D eigenvalue weighted by molar-refractivity contribution is -0.144. The number of nitrogens with zero attached hydrogens (tertiary/aromatic N) is 2. The van der Waals surface area contributed by atoms with Gasteiger partial charge in [0.2, 0.25) is 0 Å². The summed E-state index contributed by atoms with van der Waals surface area (Å²) in [5.74, 6) is -0.144. The largest absolute Gasteiger partial charge is 0.491 e. The van der Waals surface area contributed by atoms with Crippen LogP contribution < -0.4 is 4.74 Å². The summed E-state index contributed by atoms with van der Waals surface area (Å²) in [4.78, 5) is 13.8. The minimum absolute atomic E-state index is 0.101. The Morgan fingerprint density at radius 1 is 1.11 bits per heavy atom. The molecule has 3 aromatic carbocycles. The van der Waals surface area contributed by atoms with E-state index in [0.717, 1.165) is 46.2 Å². The van der Waals surface area contributed by atoms with Crippen LogP contribution in [0.15, 0.2) is 60.7 Å². The molecular weight excluding hydrogens is 464 g/mol. The van der Waals surface area contributed by atoms with Crippen LogP contribution in [-0.2, 0) is 11.3 Å². The zero-order valence-electron chi connectivity index (χ0n) is 21.1. The van der Waals surface area contributed by atoms with E-state index in [4.69, 9.17) is 4.74 Å². The minimum Gasteiger partial charge on any atom is -0.491 e. The summed E-state index contributed by atoms with van der Waals surface area (Å²) in [6, 6.07) is 21.5. The average molecular weight is 497 g/mol. The number of hydrogen-bond donors (Lipinski definition) is 2. The zero-order valence-corrected chi connectivity index (χ0v) is 21.1. The van der Waals surface area contributed by atoms with Crippen molar-refractivity contribution in [3.05, 3.63) is 88.5 Å². The van der Waals surface area contributed by atoms with E-state index < -0.39 is 12.0 Å². The van der Waals surface area contributed by atoms with E-state index in [0.29, 0.717) is 30.8 Å². The number of carboxylic acids is 1. The quantitative estimate of drug-likeness (QED) is 0.379. The van der Waals surface area contributed by atoms with Crippen LogP contribution in [-0.4, -0.2) is 46.9 Å².